The van der Waals surface area contributed by atoms with Gasteiger partial charge in [-0.25, -0.2) is 12.8 Å². The van der Waals surface area contributed by atoms with Crippen molar-refractivity contribution in [3.05, 3.63) is 23.5 Å². The van der Waals surface area contributed by atoms with Crippen molar-refractivity contribution >= 4 is 9.84 Å². The van der Waals surface area contributed by atoms with E-state index >= 15 is 0 Å². The number of nitrogens with one attached hydrogen (secondary N) is 1. The lowest BCUT2D eigenvalue weighted by Crippen LogP contribution is -2.23. The fourth-order valence-corrected chi connectivity index (χ4v) is 3.39. The molecule has 1 aliphatic heterocycles. The second-order valence-corrected chi connectivity index (χ2v) is 6.83. The van der Waals surface area contributed by atoms with Gasteiger partial charge in [-0.3, -0.25) is 0 Å². The van der Waals surface area contributed by atoms with Gasteiger partial charge in [0.25, 0.3) is 0 Å². The number of sulfone groups is 1. The van der Waals surface area contributed by atoms with Crippen LogP contribution in [0.1, 0.15) is 18.4 Å². The molecule has 0 radical (unpaired) electrons. The molecule has 0 saturated carbocycles. The van der Waals surface area contributed by atoms with E-state index in [9.17, 15) is 12.8 Å². The highest BCUT2D eigenvalue weighted by molar-refractivity contribution is 7.90. The van der Waals surface area contributed by atoms with Crippen molar-refractivity contribution in [2.75, 3.05) is 19.9 Å². The molecule has 6 heteroatoms. The minimum atomic E-state index is -3.64. The Labute approximate surface area is 112 Å². The Balaban J connectivity index is 2.35. The first kappa shape index (κ1) is 14.3. The molecule has 1 heterocycles. The predicted octanol–water partition coefficient (Wildman–Crippen LogP) is 1.53. The van der Waals surface area contributed by atoms with E-state index in [1.165, 1.54) is 13.2 Å². The van der Waals surface area contributed by atoms with Crippen molar-refractivity contribution in [3.8, 4) is 5.75 Å². The Hall–Kier alpha value is -1.14. The van der Waals surface area contributed by atoms with Gasteiger partial charge in [-0.1, -0.05) is 0 Å². The molecule has 4 nitrogen and oxygen atoms in total. The zero-order valence-corrected chi connectivity index (χ0v) is 11.9. The van der Waals surface area contributed by atoms with Crippen LogP contribution in [0.15, 0.2) is 17.0 Å². The van der Waals surface area contributed by atoms with Crippen molar-refractivity contribution in [2.24, 2.45) is 0 Å². The van der Waals surface area contributed by atoms with Gasteiger partial charge < -0.3 is 10.1 Å². The number of halogens is 1. The second-order valence-electron chi connectivity index (χ2n) is 4.88. The maximum atomic E-state index is 14.0. The van der Waals surface area contributed by atoms with Gasteiger partial charge in [0.05, 0.1) is 7.11 Å². The molecule has 1 N–H and O–H groups in total. The number of methoxy groups -OCH3 is 1. The quantitative estimate of drug-likeness (QED) is 0.912. The van der Waals surface area contributed by atoms with Gasteiger partial charge in [-0.2, -0.15) is 0 Å². The molecule has 19 heavy (non-hydrogen) atoms. The molecule has 0 amide bonds. The summed E-state index contributed by atoms with van der Waals surface area (Å²) in [5, 5.41) is 3.33. The van der Waals surface area contributed by atoms with E-state index in [1.807, 2.05) is 0 Å². The van der Waals surface area contributed by atoms with Crippen LogP contribution in [0.25, 0.3) is 0 Å². The van der Waals surface area contributed by atoms with Gasteiger partial charge in [0.1, 0.15) is 16.5 Å². The Morgan fingerprint density at radius 1 is 1.47 bits per heavy atom. The van der Waals surface area contributed by atoms with E-state index in [0.717, 1.165) is 31.2 Å². The molecular weight excluding hydrogens is 269 g/mol. The van der Waals surface area contributed by atoms with Crippen molar-refractivity contribution in [3.63, 3.8) is 0 Å². The lowest BCUT2D eigenvalue weighted by molar-refractivity contribution is 0.393. The van der Waals surface area contributed by atoms with E-state index in [4.69, 9.17) is 4.74 Å². The zero-order chi connectivity index (χ0) is 14.0. The van der Waals surface area contributed by atoms with Crippen LogP contribution in [-0.2, 0) is 16.3 Å². The summed E-state index contributed by atoms with van der Waals surface area (Å²) in [5.74, 6) is -0.662. The van der Waals surface area contributed by atoms with E-state index in [0.29, 0.717) is 12.5 Å². The van der Waals surface area contributed by atoms with Crippen LogP contribution in [0.2, 0.25) is 0 Å². The number of ether oxygens (including phenoxy) is 1. The summed E-state index contributed by atoms with van der Waals surface area (Å²) in [4.78, 5) is -0.363. The maximum Gasteiger partial charge on any atom is 0.182 e. The molecule has 0 aromatic heterocycles. The first-order chi connectivity index (χ1) is 8.91. The average Bonchev–Trinajstić information content (AvgIpc) is 2.79. The Bertz CT molecular complexity index is 565. The Kier molecular flexibility index (Phi) is 4.10. The molecule has 1 fully saturated rings. The summed E-state index contributed by atoms with van der Waals surface area (Å²) in [6.07, 6.45) is 3.83. The standard InChI is InChI=1S/C13H18FNO3S/c1-18-12-8-9(6-10-4-3-5-15-10)7-11(14)13(12)19(2,16)17/h7-8,10,15H,3-6H2,1-2H3. The summed E-state index contributed by atoms with van der Waals surface area (Å²) in [6, 6.07) is 3.23. The van der Waals surface area contributed by atoms with Gasteiger partial charge in [0, 0.05) is 12.3 Å². The summed E-state index contributed by atoms with van der Waals surface area (Å²) in [5.41, 5.74) is 0.751. The minimum absolute atomic E-state index is 0.0792. The topological polar surface area (TPSA) is 55.4 Å². The van der Waals surface area contributed by atoms with E-state index in [-0.39, 0.29) is 10.6 Å². The summed E-state index contributed by atoms with van der Waals surface area (Å²) in [7, 11) is -2.29. The third-order valence-corrected chi connectivity index (χ3v) is 4.44. The van der Waals surface area contributed by atoms with Crippen LogP contribution >= 0.6 is 0 Å². The molecule has 0 bridgehead atoms. The van der Waals surface area contributed by atoms with Crippen LogP contribution in [0.4, 0.5) is 4.39 Å². The van der Waals surface area contributed by atoms with Crippen molar-refractivity contribution < 1.29 is 17.5 Å². The normalized spacial score (nSPS) is 19.6. The van der Waals surface area contributed by atoms with E-state index < -0.39 is 15.7 Å². The van der Waals surface area contributed by atoms with E-state index in [2.05, 4.69) is 5.32 Å². The molecular formula is C13H18FNO3S. The predicted molar refractivity (Wildman–Crippen MR) is 70.8 cm³/mol. The fourth-order valence-electron chi connectivity index (χ4n) is 2.47. The molecule has 1 unspecified atom stereocenters. The minimum Gasteiger partial charge on any atom is -0.495 e. The maximum absolute atomic E-state index is 14.0. The van der Waals surface area contributed by atoms with Crippen LogP contribution in [-0.4, -0.2) is 34.4 Å². The third-order valence-electron chi connectivity index (χ3n) is 3.30. The van der Waals surface area contributed by atoms with Crippen LogP contribution in [0.3, 0.4) is 0 Å². The molecule has 0 aliphatic carbocycles. The highest BCUT2D eigenvalue weighted by Crippen LogP contribution is 2.29. The third kappa shape index (κ3) is 3.25. The smallest absolute Gasteiger partial charge is 0.182 e. The van der Waals surface area contributed by atoms with Gasteiger partial charge in [0.2, 0.25) is 0 Å². The van der Waals surface area contributed by atoms with Crippen molar-refractivity contribution in [1.82, 2.24) is 5.32 Å². The van der Waals surface area contributed by atoms with Crippen LogP contribution < -0.4 is 10.1 Å². The van der Waals surface area contributed by atoms with Crippen molar-refractivity contribution in [1.29, 1.82) is 0 Å². The molecule has 1 aromatic rings. The van der Waals surface area contributed by atoms with Gasteiger partial charge in [0.15, 0.2) is 9.84 Å². The first-order valence-corrected chi connectivity index (χ1v) is 8.11. The lowest BCUT2D eigenvalue weighted by atomic mass is 10.0. The van der Waals surface area contributed by atoms with Crippen molar-refractivity contribution in [2.45, 2.75) is 30.2 Å². The molecule has 1 saturated heterocycles. The van der Waals surface area contributed by atoms with Gasteiger partial charge >= 0.3 is 0 Å². The monoisotopic (exact) mass is 287 g/mol. The molecule has 1 aliphatic rings. The Morgan fingerprint density at radius 3 is 2.74 bits per heavy atom. The summed E-state index contributed by atoms with van der Waals surface area (Å²) < 4.78 is 42.1. The zero-order valence-electron chi connectivity index (χ0n) is 11.1. The molecule has 0 spiro atoms. The van der Waals surface area contributed by atoms with Gasteiger partial charge in [-0.05, 0) is 43.5 Å². The Morgan fingerprint density at radius 2 is 2.21 bits per heavy atom. The number of rotatable bonds is 4. The second kappa shape index (κ2) is 5.46. The molecule has 1 aromatic carbocycles. The van der Waals surface area contributed by atoms with E-state index in [1.54, 1.807) is 6.07 Å². The number of benzene rings is 1. The SMILES string of the molecule is COc1cc(CC2CCCN2)cc(F)c1S(C)(=O)=O. The lowest BCUT2D eigenvalue weighted by Gasteiger charge is -2.14. The van der Waals surface area contributed by atoms with Crippen LogP contribution in [0.5, 0.6) is 5.75 Å². The highest BCUT2D eigenvalue weighted by Gasteiger charge is 2.22. The summed E-state index contributed by atoms with van der Waals surface area (Å²) in [6.45, 7) is 0.978. The molecule has 106 valence electrons. The number of hydrogen-bond donors (Lipinski definition) is 1. The molecule has 2 rings (SSSR count). The largest absolute Gasteiger partial charge is 0.495 e. The highest BCUT2D eigenvalue weighted by atomic mass is 32.2. The first-order valence-electron chi connectivity index (χ1n) is 6.21. The average molecular weight is 287 g/mol. The summed E-state index contributed by atoms with van der Waals surface area (Å²) >= 11 is 0. The van der Waals surface area contributed by atoms with Crippen LogP contribution in [0, 0.1) is 5.82 Å². The fraction of sp³-hybridized carbons (Fsp3) is 0.538. The van der Waals surface area contributed by atoms with Gasteiger partial charge in [-0.15, -0.1) is 0 Å². The molecule has 1 atom stereocenters. The number of hydrogen-bond acceptors (Lipinski definition) is 4.